The van der Waals surface area contributed by atoms with Crippen molar-refractivity contribution in [3.05, 3.63) is 53.1 Å². The average Bonchev–Trinajstić information content (AvgIpc) is 2.81. The fourth-order valence-electron chi connectivity index (χ4n) is 2.65. The lowest BCUT2D eigenvalue weighted by molar-refractivity contribution is -0.157. The standard InChI is InChI=1S/C17H16F4N2O3/c1-9-7-13(10(2)23(9)12-5-3-11(18)4-6-12)15(24)22-14(16(25)26)8-17(19,20)21/h3-7,14H,8H2,1-2H3,(H,22,24)(H,25,26). The SMILES string of the molecule is Cc1cc(C(=O)NC(CC(F)(F)F)C(=O)O)c(C)n1-c1ccc(F)cc1. The van der Waals surface area contributed by atoms with Crippen LogP contribution in [-0.2, 0) is 4.79 Å². The molecule has 140 valence electrons. The molecule has 0 aliphatic carbocycles. The van der Waals surface area contributed by atoms with Crippen LogP contribution in [0, 0.1) is 19.7 Å². The Morgan fingerprint density at radius 1 is 1.19 bits per heavy atom. The molecule has 0 saturated carbocycles. The van der Waals surface area contributed by atoms with Gasteiger partial charge in [-0.1, -0.05) is 0 Å². The molecule has 2 aromatic rings. The highest BCUT2D eigenvalue weighted by Crippen LogP contribution is 2.24. The van der Waals surface area contributed by atoms with Gasteiger partial charge in [-0.3, -0.25) is 4.79 Å². The second-order valence-electron chi connectivity index (χ2n) is 5.78. The number of carboxylic acids is 1. The van der Waals surface area contributed by atoms with Gasteiger partial charge in [-0.25, -0.2) is 9.18 Å². The lowest BCUT2D eigenvalue weighted by Crippen LogP contribution is -2.43. The molecule has 1 unspecified atom stereocenters. The molecule has 2 N–H and O–H groups in total. The van der Waals surface area contributed by atoms with Crippen molar-refractivity contribution in [3.8, 4) is 5.69 Å². The molecule has 0 aliphatic rings. The normalized spacial score (nSPS) is 12.7. The lowest BCUT2D eigenvalue weighted by atomic mass is 10.1. The fourth-order valence-corrected chi connectivity index (χ4v) is 2.65. The van der Waals surface area contributed by atoms with Crippen LogP contribution in [0.15, 0.2) is 30.3 Å². The van der Waals surface area contributed by atoms with Gasteiger partial charge in [0.15, 0.2) is 0 Å². The van der Waals surface area contributed by atoms with Crippen molar-refractivity contribution in [3.63, 3.8) is 0 Å². The Labute approximate surface area is 146 Å². The molecule has 2 rings (SSSR count). The third kappa shape index (κ3) is 4.41. The Balaban J connectivity index is 2.31. The van der Waals surface area contributed by atoms with Crippen LogP contribution in [0.3, 0.4) is 0 Å². The van der Waals surface area contributed by atoms with Crippen LogP contribution in [-0.4, -0.2) is 33.8 Å². The first-order valence-electron chi connectivity index (χ1n) is 7.55. The Hall–Kier alpha value is -2.84. The van der Waals surface area contributed by atoms with E-state index >= 15 is 0 Å². The number of carbonyl (C=O) groups is 2. The molecule has 0 aliphatic heterocycles. The van der Waals surface area contributed by atoms with Gasteiger partial charge in [-0.05, 0) is 44.2 Å². The summed E-state index contributed by atoms with van der Waals surface area (Å²) in [5.41, 5.74) is 1.58. The van der Waals surface area contributed by atoms with E-state index in [1.807, 2.05) is 5.32 Å². The third-order valence-electron chi connectivity index (χ3n) is 3.80. The zero-order valence-corrected chi connectivity index (χ0v) is 13.9. The van der Waals surface area contributed by atoms with Crippen LogP contribution < -0.4 is 5.32 Å². The monoisotopic (exact) mass is 372 g/mol. The number of hydrogen-bond acceptors (Lipinski definition) is 2. The molecule has 0 spiro atoms. The topological polar surface area (TPSA) is 71.3 Å². The van der Waals surface area contributed by atoms with E-state index in [0.29, 0.717) is 17.1 Å². The number of hydrogen-bond donors (Lipinski definition) is 2. The first-order chi connectivity index (χ1) is 12.0. The molecular weight excluding hydrogens is 356 g/mol. The smallest absolute Gasteiger partial charge is 0.391 e. The summed E-state index contributed by atoms with van der Waals surface area (Å²) in [5, 5.41) is 10.8. The van der Waals surface area contributed by atoms with Gasteiger partial charge >= 0.3 is 12.1 Å². The molecule has 0 bridgehead atoms. The number of amides is 1. The second-order valence-corrected chi connectivity index (χ2v) is 5.78. The predicted octanol–water partition coefficient (Wildman–Crippen LogP) is 3.37. The van der Waals surface area contributed by atoms with E-state index in [0.717, 1.165) is 0 Å². The minimum atomic E-state index is -4.73. The highest BCUT2D eigenvalue weighted by molar-refractivity contribution is 5.98. The van der Waals surface area contributed by atoms with E-state index in [2.05, 4.69) is 0 Å². The van der Waals surface area contributed by atoms with Gasteiger partial charge in [0.2, 0.25) is 0 Å². The maximum Gasteiger partial charge on any atom is 0.391 e. The molecule has 1 amide bonds. The lowest BCUT2D eigenvalue weighted by Gasteiger charge is -2.16. The van der Waals surface area contributed by atoms with E-state index in [9.17, 15) is 27.2 Å². The number of rotatable bonds is 5. The van der Waals surface area contributed by atoms with Crippen LogP contribution in [0.4, 0.5) is 17.6 Å². The van der Waals surface area contributed by atoms with Gasteiger partial charge in [0.25, 0.3) is 5.91 Å². The summed E-state index contributed by atoms with van der Waals surface area (Å²) < 4.78 is 52.1. The summed E-state index contributed by atoms with van der Waals surface area (Å²) in [6.07, 6.45) is -6.41. The number of aromatic nitrogens is 1. The van der Waals surface area contributed by atoms with Crippen molar-refractivity contribution in [2.24, 2.45) is 0 Å². The van der Waals surface area contributed by atoms with Gasteiger partial charge in [0, 0.05) is 17.1 Å². The Morgan fingerprint density at radius 3 is 2.27 bits per heavy atom. The van der Waals surface area contributed by atoms with Gasteiger partial charge in [-0.2, -0.15) is 13.2 Å². The van der Waals surface area contributed by atoms with Crippen molar-refractivity contribution >= 4 is 11.9 Å². The predicted molar refractivity (Wildman–Crippen MR) is 84.8 cm³/mol. The molecule has 1 heterocycles. The van der Waals surface area contributed by atoms with Crippen LogP contribution in [0.5, 0.6) is 0 Å². The number of carboxylic acid groups (broad SMARTS) is 1. The number of aliphatic carboxylic acids is 1. The number of benzene rings is 1. The van der Waals surface area contributed by atoms with Crippen molar-refractivity contribution in [1.82, 2.24) is 9.88 Å². The van der Waals surface area contributed by atoms with Gasteiger partial charge in [0.05, 0.1) is 12.0 Å². The first kappa shape index (κ1) is 19.5. The minimum Gasteiger partial charge on any atom is -0.480 e. The van der Waals surface area contributed by atoms with Gasteiger partial charge in [-0.15, -0.1) is 0 Å². The summed E-state index contributed by atoms with van der Waals surface area (Å²) in [7, 11) is 0. The summed E-state index contributed by atoms with van der Waals surface area (Å²) >= 11 is 0. The number of alkyl halides is 3. The van der Waals surface area contributed by atoms with E-state index < -0.39 is 36.3 Å². The quantitative estimate of drug-likeness (QED) is 0.791. The first-order valence-corrected chi connectivity index (χ1v) is 7.55. The molecule has 0 radical (unpaired) electrons. The molecule has 1 atom stereocenters. The molecule has 9 heteroatoms. The summed E-state index contributed by atoms with van der Waals surface area (Å²) in [6, 6.07) is 4.79. The molecule has 5 nitrogen and oxygen atoms in total. The molecule has 26 heavy (non-hydrogen) atoms. The van der Waals surface area contributed by atoms with E-state index in [1.165, 1.54) is 30.3 Å². The molecule has 1 aromatic carbocycles. The molecule has 1 aromatic heterocycles. The Kier molecular flexibility index (Phi) is 5.38. The van der Waals surface area contributed by atoms with E-state index in [4.69, 9.17) is 5.11 Å². The molecule has 0 fully saturated rings. The number of nitrogens with one attached hydrogen (secondary N) is 1. The highest BCUT2D eigenvalue weighted by atomic mass is 19.4. The molecular formula is C17H16F4N2O3. The third-order valence-corrected chi connectivity index (χ3v) is 3.80. The van der Waals surface area contributed by atoms with Crippen molar-refractivity contribution in [2.75, 3.05) is 0 Å². The summed E-state index contributed by atoms with van der Waals surface area (Å²) in [5.74, 6) is -3.14. The Morgan fingerprint density at radius 2 is 1.77 bits per heavy atom. The number of halogens is 4. The second kappa shape index (κ2) is 7.19. The maximum atomic E-state index is 13.1. The van der Waals surface area contributed by atoms with Gasteiger partial charge < -0.3 is 15.0 Å². The Bertz CT molecular complexity index is 826. The van der Waals surface area contributed by atoms with Crippen LogP contribution in [0.1, 0.15) is 28.2 Å². The average molecular weight is 372 g/mol. The van der Waals surface area contributed by atoms with Crippen LogP contribution >= 0.6 is 0 Å². The highest BCUT2D eigenvalue weighted by Gasteiger charge is 2.36. The van der Waals surface area contributed by atoms with E-state index in [-0.39, 0.29) is 5.56 Å². The summed E-state index contributed by atoms with van der Waals surface area (Å²) in [4.78, 5) is 23.3. The molecule has 0 saturated heterocycles. The maximum absolute atomic E-state index is 13.1. The van der Waals surface area contributed by atoms with Crippen LogP contribution in [0.25, 0.3) is 5.69 Å². The summed E-state index contributed by atoms with van der Waals surface area (Å²) in [6.45, 7) is 3.22. The minimum absolute atomic E-state index is 0.0419. The van der Waals surface area contributed by atoms with Crippen molar-refractivity contribution < 1.29 is 32.3 Å². The zero-order chi connectivity index (χ0) is 19.6. The number of nitrogens with zero attached hydrogens (tertiary/aromatic N) is 1. The van der Waals surface area contributed by atoms with Crippen LogP contribution in [0.2, 0.25) is 0 Å². The van der Waals surface area contributed by atoms with Crippen molar-refractivity contribution in [1.29, 1.82) is 0 Å². The number of aryl methyl sites for hydroxylation is 1. The van der Waals surface area contributed by atoms with Gasteiger partial charge in [0.1, 0.15) is 11.9 Å². The number of carbonyl (C=O) groups excluding carboxylic acids is 1. The zero-order valence-electron chi connectivity index (χ0n) is 13.9. The van der Waals surface area contributed by atoms with E-state index in [1.54, 1.807) is 18.4 Å². The fraction of sp³-hybridized carbons (Fsp3) is 0.294. The largest absolute Gasteiger partial charge is 0.480 e. The van der Waals surface area contributed by atoms with Crippen molar-refractivity contribution in [2.45, 2.75) is 32.5 Å².